The third-order valence-corrected chi connectivity index (χ3v) is 5.10. The maximum Gasteiger partial charge on any atom is 0.169 e. The molecule has 1 saturated carbocycles. The van der Waals surface area contributed by atoms with E-state index in [0.29, 0.717) is 0 Å². The predicted octanol–water partition coefficient (Wildman–Crippen LogP) is 3.50. The zero-order valence-electron chi connectivity index (χ0n) is 10.5. The monoisotopic (exact) mass is 308 g/mol. The Morgan fingerprint density at radius 2 is 1.89 bits per heavy atom. The second kappa shape index (κ2) is 3.91. The highest BCUT2D eigenvalue weighted by Crippen LogP contribution is 2.49. The number of aliphatic hydroxyl groups is 1. The summed E-state index contributed by atoms with van der Waals surface area (Å²) in [6.07, 6.45) is 3.93. The molecule has 0 saturated heterocycles. The maximum absolute atomic E-state index is 12.6. The molecular weight excluding hydrogens is 292 g/mol. The highest BCUT2D eigenvalue weighted by molar-refractivity contribution is 9.10. The Kier molecular flexibility index (Phi) is 2.69. The summed E-state index contributed by atoms with van der Waals surface area (Å²) in [4.78, 5) is 12.6. The molecule has 3 rings (SSSR count). The normalized spacial score (nSPS) is 34.9. The molecule has 0 bridgehead atoms. The molecule has 1 aromatic rings. The van der Waals surface area contributed by atoms with Crippen LogP contribution in [0.3, 0.4) is 0 Å². The molecule has 1 fully saturated rings. The largest absolute Gasteiger partial charge is 0.390 e. The molecule has 1 N–H and O–H groups in total. The van der Waals surface area contributed by atoms with Gasteiger partial charge in [0.05, 0.1) is 5.60 Å². The van der Waals surface area contributed by atoms with Gasteiger partial charge >= 0.3 is 0 Å². The van der Waals surface area contributed by atoms with Gasteiger partial charge in [-0.25, -0.2) is 0 Å². The number of hydrogen-bond donors (Lipinski definition) is 1. The van der Waals surface area contributed by atoms with E-state index >= 15 is 0 Å². The van der Waals surface area contributed by atoms with Crippen LogP contribution in [0.4, 0.5) is 0 Å². The van der Waals surface area contributed by atoms with E-state index in [0.717, 1.165) is 42.1 Å². The zero-order valence-corrected chi connectivity index (χ0v) is 12.1. The highest BCUT2D eigenvalue weighted by Gasteiger charge is 2.49. The lowest BCUT2D eigenvalue weighted by Crippen LogP contribution is -2.40. The highest BCUT2D eigenvalue weighted by atomic mass is 79.9. The number of halogens is 1. The van der Waals surface area contributed by atoms with E-state index in [1.54, 1.807) is 0 Å². The average molecular weight is 309 g/mol. The SMILES string of the molecule is C[C@]1(O)CC[C@@]2(CC1)Cc1ccc(Br)cc1C2=O. The Hall–Kier alpha value is -0.670. The van der Waals surface area contributed by atoms with Gasteiger partial charge in [0.15, 0.2) is 5.78 Å². The molecule has 96 valence electrons. The molecule has 0 aliphatic heterocycles. The smallest absolute Gasteiger partial charge is 0.169 e. The molecule has 2 aliphatic rings. The molecule has 0 heterocycles. The quantitative estimate of drug-likeness (QED) is 0.796. The summed E-state index contributed by atoms with van der Waals surface area (Å²) in [6, 6.07) is 6.00. The van der Waals surface area contributed by atoms with Crippen molar-refractivity contribution in [2.24, 2.45) is 5.41 Å². The molecule has 2 nitrogen and oxygen atoms in total. The number of hydrogen-bond acceptors (Lipinski definition) is 2. The van der Waals surface area contributed by atoms with Gasteiger partial charge in [0.25, 0.3) is 0 Å². The van der Waals surface area contributed by atoms with Crippen LogP contribution in [0, 0.1) is 5.41 Å². The van der Waals surface area contributed by atoms with E-state index < -0.39 is 5.60 Å². The number of rotatable bonds is 0. The summed E-state index contributed by atoms with van der Waals surface area (Å²) in [5.41, 5.74) is 1.24. The van der Waals surface area contributed by atoms with Crippen molar-refractivity contribution >= 4 is 21.7 Å². The van der Waals surface area contributed by atoms with Gasteiger partial charge in [-0.15, -0.1) is 0 Å². The lowest BCUT2D eigenvalue weighted by atomic mass is 9.67. The molecular formula is C15H17BrO2. The van der Waals surface area contributed by atoms with Crippen molar-refractivity contribution in [2.45, 2.75) is 44.6 Å². The third-order valence-electron chi connectivity index (χ3n) is 4.61. The molecule has 0 aromatic heterocycles. The Morgan fingerprint density at radius 1 is 1.22 bits per heavy atom. The molecule has 0 amide bonds. The van der Waals surface area contributed by atoms with Crippen LogP contribution in [-0.4, -0.2) is 16.5 Å². The van der Waals surface area contributed by atoms with Crippen molar-refractivity contribution in [1.29, 1.82) is 0 Å². The van der Waals surface area contributed by atoms with Crippen LogP contribution >= 0.6 is 15.9 Å². The number of Topliss-reactive ketones (excluding diaryl/α,β-unsaturated/α-hetero) is 1. The van der Waals surface area contributed by atoms with Gasteiger partial charge in [-0.3, -0.25) is 4.79 Å². The van der Waals surface area contributed by atoms with Crippen molar-refractivity contribution in [1.82, 2.24) is 0 Å². The first kappa shape index (κ1) is 12.4. The Bertz CT molecular complexity index is 509. The maximum atomic E-state index is 12.6. The number of fused-ring (bicyclic) bond motifs is 1. The van der Waals surface area contributed by atoms with Crippen LogP contribution in [-0.2, 0) is 6.42 Å². The van der Waals surface area contributed by atoms with E-state index in [4.69, 9.17) is 0 Å². The van der Waals surface area contributed by atoms with Gasteiger partial charge in [0.2, 0.25) is 0 Å². The van der Waals surface area contributed by atoms with Gasteiger partial charge < -0.3 is 5.11 Å². The second-order valence-electron chi connectivity index (χ2n) is 6.08. The molecule has 3 heteroatoms. The molecule has 2 aliphatic carbocycles. The first-order valence-electron chi connectivity index (χ1n) is 6.48. The van der Waals surface area contributed by atoms with Crippen LogP contribution in [0.1, 0.15) is 48.5 Å². The molecule has 0 radical (unpaired) electrons. The minimum absolute atomic E-state index is 0.231. The summed E-state index contributed by atoms with van der Waals surface area (Å²) in [5, 5.41) is 10.0. The van der Waals surface area contributed by atoms with Gasteiger partial charge in [0.1, 0.15) is 0 Å². The number of benzene rings is 1. The fraction of sp³-hybridized carbons (Fsp3) is 0.533. The third kappa shape index (κ3) is 1.84. The van der Waals surface area contributed by atoms with E-state index in [-0.39, 0.29) is 11.2 Å². The average Bonchev–Trinajstić information content (AvgIpc) is 2.58. The Morgan fingerprint density at radius 3 is 2.56 bits per heavy atom. The van der Waals surface area contributed by atoms with Crippen molar-refractivity contribution in [3.8, 4) is 0 Å². The number of carbonyl (C=O) groups excluding carboxylic acids is 1. The molecule has 0 unspecified atom stereocenters. The molecule has 0 atom stereocenters. The van der Waals surface area contributed by atoms with Crippen LogP contribution in [0.5, 0.6) is 0 Å². The molecule has 1 aromatic carbocycles. The van der Waals surface area contributed by atoms with Gasteiger partial charge in [-0.1, -0.05) is 22.0 Å². The lowest BCUT2D eigenvalue weighted by Gasteiger charge is -2.39. The van der Waals surface area contributed by atoms with Crippen LogP contribution in [0.15, 0.2) is 22.7 Å². The summed E-state index contributed by atoms with van der Waals surface area (Å²) in [7, 11) is 0. The van der Waals surface area contributed by atoms with E-state index in [2.05, 4.69) is 22.0 Å². The summed E-state index contributed by atoms with van der Waals surface area (Å²) >= 11 is 3.43. The summed E-state index contributed by atoms with van der Waals surface area (Å²) < 4.78 is 0.967. The van der Waals surface area contributed by atoms with Gasteiger partial charge in [-0.2, -0.15) is 0 Å². The van der Waals surface area contributed by atoms with Gasteiger partial charge in [-0.05, 0) is 56.7 Å². The summed E-state index contributed by atoms with van der Waals surface area (Å²) in [5.74, 6) is 0.286. The van der Waals surface area contributed by atoms with E-state index in [9.17, 15) is 9.90 Å². The van der Waals surface area contributed by atoms with Crippen molar-refractivity contribution in [3.63, 3.8) is 0 Å². The zero-order chi connectivity index (χ0) is 13.0. The first-order chi connectivity index (χ1) is 8.42. The fourth-order valence-electron chi connectivity index (χ4n) is 3.32. The molecule has 1 spiro atoms. The van der Waals surface area contributed by atoms with Crippen molar-refractivity contribution in [3.05, 3.63) is 33.8 Å². The van der Waals surface area contributed by atoms with E-state index in [1.165, 1.54) is 5.56 Å². The first-order valence-corrected chi connectivity index (χ1v) is 7.27. The van der Waals surface area contributed by atoms with Gasteiger partial charge in [0, 0.05) is 15.5 Å². The minimum atomic E-state index is -0.582. The Balaban J connectivity index is 1.93. The van der Waals surface area contributed by atoms with Crippen molar-refractivity contribution in [2.75, 3.05) is 0 Å². The summed E-state index contributed by atoms with van der Waals surface area (Å²) in [6.45, 7) is 1.88. The number of carbonyl (C=O) groups is 1. The fourth-order valence-corrected chi connectivity index (χ4v) is 3.68. The van der Waals surface area contributed by atoms with Crippen molar-refractivity contribution < 1.29 is 9.90 Å². The second-order valence-corrected chi connectivity index (χ2v) is 7.00. The standard InChI is InChI=1S/C15H17BrO2/c1-14(18)4-6-15(7-5-14)9-10-2-3-11(16)8-12(10)13(15)17/h2-3,8,18H,4-7,9H2,1H3/t14-,15+. The predicted molar refractivity (Wildman–Crippen MR) is 73.7 cm³/mol. The number of ketones is 1. The molecule has 18 heavy (non-hydrogen) atoms. The minimum Gasteiger partial charge on any atom is -0.390 e. The van der Waals surface area contributed by atoms with Crippen LogP contribution in [0.2, 0.25) is 0 Å². The van der Waals surface area contributed by atoms with E-state index in [1.807, 2.05) is 19.1 Å². The Labute approximate surface area is 116 Å². The topological polar surface area (TPSA) is 37.3 Å². The lowest BCUT2D eigenvalue weighted by molar-refractivity contribution is -0.0114. The van der Waals surface area contributed by atoms with Crippen LogP contribution in [0.25, 0.3) is 0 Å². The van der Waals surface area contributed by atoms with Crippen LogP contribution < -0.4 is 0 Å².